The van der Waals surface area contributed by atoms with Crippen LogP contribution in [0.25, 0.3) is 11.1 Å². The Hall–Kier alpha value is -1.08. The molecular formula is C20H23Br. The summed E-state index contributed by atoms with van der Waals surface area (Å²) >= 11 is 3.71. The van der Waals surface area contributed by atoms with Gasteiger partial charge in [-0.25, -0.2) is 0 Å². The van der Waals surface area contributed by atoms with E-state index in [9.17, 15) is 0 Å². The van der Waals surface area contributed by atoms with E-state index in [2.05, 4.69) is 86.1 Å². The Bertz CT molecular complexity index is 667. The van der Waals surface area contributed by atoms with Crippen molar-refractivity contribution >= 4 is 15.9 Å². The minimum absolute atomic E-state index is 0.116. The van der Waals surface area contributed by atoms with Gasteiger partial charge in [-0.2, -0.15) is 0 Å². The number of halogens is 1. The van der Waals surface area contributed by atoms with E-state index in [0.717, 1.165) is 6.42 Å². The summed E-state index contributed by atoms with van der Waals surface area (Å²) in [5.41, 5.74) is 7.33. The maximum absolute atomic E-state index is 3.71. The molecule has 0 N–H and O–H groups in total. The first-order valence-corrected chi connectivity index (χ1v) is 8.70. The first-order valence-electron chi connectivity index (χ1n) is 7.78. The largest absolute Gasteiger partial charge is 0.0891 e. The molecule has 0 aliphatic heterocycles. The molecule has 3 rings (SSSR count). The van der Waals surface area contributed by atoms with E-state index in [4.69, 9.17) is 0 Å². The van der Waals surface area contributed by atoms with Crippen LogP contribution in [-0.4, -0.2) is 4.83 Å². The molecule has 0 heterocycles. The summed E-state index contributed by atoms with van der Waals surface area (Å²) in [5, 5.41) is 0. The second-order valence-corrected chi connectivity index (χ2v) is 8.35. The van der Waals surface area contributed by atoms with Gasteiger partial charge < -0.3 is 0 Å². The second-order valence-electron chi connectivity index (χ2n) is 6.91. The van der Waals surface area contributed by atoms with Crippen LogP contribution in [0.4, 0.5) is 0 Å². The summed E-state index contributed by atoms with van der Waals surface area (Å²) in [6.45, 7) is 9.24. The molecule has 0 aromatic heterocycles. The third-order valence-corrected chi connectivity index (χ3v) is 5.89. The zero-order valence-electron chi connectivity index (χ0n) is 13.3. The van der Waals surface area contributed by atoms with Gasteiger partial charge in [-0.15, -0.1) is 0 Å². The van der Waals surface area contributed by atoms with Crippen LogP contribution < -0.4 is 0 Å². The smallest absolute Gasteiger partial charge is 0.0158 e. The van der Waals surface area contributed by atoms with Crippen LogP contribution in [-0.2, 0) is 11.8 Å². The first kappa shape index (κ1) is 14.8. The molecule has 0 spiro atoms. The minimum atomic E-state index is 0.116. The third kappa shape index (κ3) is 2.46. The fourth-order valence-electron chi connectivity index (χ4n) is 3.41. The highest BCUT2D eigenvalue weighted by Gasteiger charge is 2.35. The Balaban J connectivity index is 2.04. The van der Waals surface area contributed by atoms with Gasteiger partial charge in [0.2, 0.25) is 0 Å². The molecular weight excluding hydrogens is 320 g/mol. The normalized spacial score (nSPS) is 18.0. The molecule has 21 heavy (non-hydrogen) atoms. The molecule has 1 heteroatoms. The van der Waals surface area contributed by atoms with E-state index in [1.165, 1.54) is 27.8 Å². The molecule has 0 nitrogen and oxygen atoms in total. The van der Waals surface area contributed by atoms with Crippen molar-refractivity contribution < 1.29 is 0 Å². The molecule has 0 fully saturated rings. The van der Waals surface area contributed by atoms with Crippen LogP contribution >= 0.6 is 15.9 Å². The number of rotatable bonds is 3. The number of fused-ring (bicyclic) bond motifs is 3. The predicted octanol–water partition coefficient (Wildman–Crippen LogP) is 5.95. The van der Waals surface area contributed by atoms with Gasteiger partial charge in [0.05, 0.1) is 0 Å². The van der Waals surface area contributed by atoms with E-state index < -0.39 is 0 Å². The summed E-state index contributed by atoms with van der Waals surface area (Å²) in [6.07, 6.45) is 1.13. The molecule has 0 saturated carbocycles. The zero-order chi connectivity index (χ0) is 15.2. The molecule has 0 radical (unpaired) electrons. The summed E-state index contributed by atoms with van der Waals surface area (Å²) < 4.78 is 0. The zero-order valence-corrected chi connectivity index (χ0v) is 14.9. The van der Waals surface area contributed by atoms with Crippen LogP contribution in [0.5, 0.6) is 0 Å². The van der Waals surface area contributed by atoms with Crippen LogP contribution in [0.2, 0.25) is 0 Å². The van der Waals surface area contributed by atoms with Crippen LogP contribution in [0.3, 0.4) is 0 Å². The van der Waals surface area contributed by atoms with E-state index in [1.54, 1.807) is 0 Å². The molecule has 0 saturated heterocycles. The highest BCUT2D eigenvalue weighted by molar-refractivity contribution is 9.09. The maximum Gasteiger partial charge on any atom is 0.0158 e. The third-order valence-electron chi connectivity index (χ3n) is 4.99. The molecule has 2 atom stereocenters. The van der Waals surface area contributed by atoms with Crippen molar-refractivity contribution in [3.8, 4) is 11.1 Å². The molecule has 1 unspecified atom stereocenters. The van der Waals surface area contributed by atoms with Gasteiger partial charge in [0.15, 0.2) is 0 Å². The van der Waals surface area contributed by atoms with E-state index in [1.807, 2.05) is 0 Å². The second kappa shape index (κ2) is 5.28. The highest BCUT2D eigenvalue weighted by atomic mass is 79.9. The van der Waals surface area contributed by atoms with E-state index >= 15 is 0 Å². The van der Waals surface area contributed by atoms with Crippen molar-refractivity contribution in [1.82, 2.24) is 0 Å². The fourth-order valence-corrected chi connectivity index (χ4v) is 3.60. The van der Waals surface area contributed by atoms with Crippen LogP contribution in [0.15, 0.2) is 42.5 Å². The SMILES string of the molecule is CC(Br)[C@H](C)Cc1ccc2c(c1)C(C)(C)c1ccccc1-2. The number of hydrogen-bond donors (Lipinski definition) is 0. The van der Waals surface area contributed by atoms with Crippen molar-refractivity contribution in [2.24, 2.45) is 5.92 Å². The fraction of sp³-hybridized carbons (Fsp3) is 0.400. The summed E-state index contributed by atoms with van der Waals surface area (Å²) in [4.78, 5) is 0.552. The standard InChI is InChI=1S/C20H23Br/c1-13(14(2)21)11-15-9-10-17-16-7-5-6-8-18(16)20(3,4)19(17)12-15/h5-10,12-14H,11H2,1-4H3/t13-,14?/m1/s1. The molecule has 2 aromatic carbocycles. The summed E-state index contributed by atoms with van der Waals surface area (Å²) in [5.74, 6) is 0.648. The number of hydrogen-bond acceptors (Lipinski definition) is 0. The Morgan fingerprint density at radius 2 is 1.62 bits per heavy atom. The Morgan fingerprint density at radius 1 is 0.952 bits per heavy atom. The van der Waals surface area contributed by atoms with Gasteiger partial charge in [-0.05, 0) is 40.2 Å². The Morgan fingerprint density at radius 3 is 2.33 bits per heavy atom. The quantitative estimate of drug-likeness (QED) is 0.604. The summed E-state index contributed by atoms with van der Waals surface area (Å²) in [6, 6.07) is 15.9. The van der Waals surface area contributed by atoms with Crippen molar-refractivity contribution in [3.63, 3.8) is 0 Å². The Labute approximate surface area is 136 Å². The molecule has 110 valence electrons. The topological polar surface area (TPSA) is 0 Å². The van der Waals surface area contributed by atoms with Gasteiger partial charge in [-0.3, -0.25) is 0 Å². The molecule has 1 aliphatic rings. The lowest BCUT2D eigenvalue weighted by atomic mass is 9.81. The highest BCUT2D eigenvalue weighted by Crippen LogP contribution is 2.48. The lowest BCUT2D eigenvalue weighted by Crippen LogP contribution is -2.16. The van der Waals surface area contributed by atoms with Gasteiger partial charge in [0.1, 0.15) is 0 Å². The van der Waals surface area contributed by atoms with Gasteiger partial charge in [-0.1, -0.05) is 86.1 Å². The van der Waals surface area contributed by atoms with Gasteiger partial charge in [0, 0.05) is 10.2 Å². The van der Waals surface area contributed by atoms with Gasteiger partial charge in [0.25, 0.3) is 0 Å². The van der Waals surface area contributed by atoms with Crippen LogP contribution in [0, 0.1) is 5.92 Å². The Kier molecular flexibility index (Phi) is 3.73. The lowest BCUT2D eigenvalue weighted by molar-refractivity contribution is 0.579. The molecule has 0 amide bonds. The average Bonchev–Trinajstić information content (AvgIpc) is 2.68. The van der Waals surface area contributed by atoms with Crippen molar-refractivity contribution in [3.05, 3.63) is 59.2 Å². The monoisotopic (exact) mass is 342 g/mol. The maximum atomic E-state index is 3.71. The molecule has 0 bridgehead atoms. The number of benzene rings is 2. The predicted molar refractivity (Wildman–Crippen MR) is 95.3 cm³/mol. The average molecular weight is 343 g/mol. The number of alkyl halides is 1. The van der Waals surface area contributed by atoms with Crippen molar-refractivity contribution in [2.45, 2.75) is 44.4 Å². The minimum Gasteiger partial charge on any atom is -0.0891 e. The first-order chi connectivity index (χ1) is 9.91. The summed E-state index contributed by atoms with van der Waals surface area (Å²) in [7, 11) is 0. The van der Waals surface area contributed by atoms with Gasteiger partial charge >= 0.3 is 0 Å². The molecule has 1 aliphatic carbocycles. The molecule has 2 aromatic rings. The van der Waals surface area contributed by atoms with Crippen LogP contribution in [0.1, 0.15) is 44.4 Å². The van der Waals surface area contributed by atoms with Crippen molar-refractivity contribution in [1.29, 1.82) is 0 Å². The van der Waals surface area contributed by atoms with Crippen molar-refractivity contribution in [2.75, 3.05) is 0 Å². The van der Waals surface area contributed by atoms with E-state index in [-0.39, 0.29) is 5.41 Å². The van der Waals surface area contributed by atoms with E-state index in [0.29, 0.717) is 10.7 Å². The lowest BCUT2D eigenvalue weighted by Gasteiger charge is -2.22.